The van der Waals surface area contributed by atoms with Crippen LogP contribution in [0.1, 0.15) is 47.4 Å². The third-order valence-electron chi connectivity index (χ3n) is 5.50. The van der Waals surface area contributed by atoms with Gasteiger partial charge in [-0.1, -0.05) is 5.57 Å². The van der Waals surface area contributed by atoms with Crippen molar-refractivity contribution in [1.82, 2.24) is 0 Å². The number of ether oxygens (including phenoxy) is 1. The maximum Gasteiger partial charge on any atom is 0.204 e. The van der Waals surface area contributed by atoms with Gasteiger partial charge >= 0.3 is 0 Å². The minimum Gasteiger partial charge on any atom is -0.497 e. The molecule has 0 fully saturated rings. The fraction of sp³-hybridized carbons (Fsp3) is 0.300. The van der Waals surface area contributed by atoms with Gasteiger partial charge in [-0.3, -0.25) is 9.59 Å². The summed E-state index contributed by atoms with van der Waals surface area (Å²) in [6.45, 7) is 3.79. The van der Waals surface area contributed by atoms with Crippen LogP contribution in [-0.2, 0) is 0 Å². The fourth-order valence-electron chi connectivity index (χ4n) is 4.01. The molecule has 1 N–H and O–H groups in total. The van der Waals surface area contributed by atoms with Gasteiger partial charge in [0.15, 0.2) is 11.4 Å². The first-order valence-electron chi connectivity index (χ1n) is 8.02. The topological polar surface area (TPSA) is 63.6 Å². The maximum atomic E-state index is 13.1. The second-order valence-corrected chi connectivity index (χ2v) is 6.64. The van der Waals surface area contributed by atoms with Gasteiger partial charge in [0.1, 0.15) is 5.75 Å². The zero-order valence-electron chi connectivity index (χ0n) is 13.9. The number of methoxy groups -OCH3 is 1. The van der Waals surface area contributed by atoms with Crippen LogP contribution in [0.25, 0.3) is 0 Å². The number of ketones is 2. The molecule has 0 saturated carbocycles. The molecule has 0 saturated heterocycles. The summed E-state index contributed by atoms with van der Waals surface area (Å²) in [7, 11) is 1.50. The van der Waals surface area contributed by atoms with E-state index >= 15 is 0 Å². The summed E-state index contributed by atoms with van der Waals surface area (Å²) in [5, 5.41) is 11.3. The minimum atomic E-state index is -1.86. The summed E-state index contributed by atoms with van der Waals surface area (Å²) >= 11 is 0. The Hall–Kier alpha value is -2.46. The van der Waals surface area contributed by atoms with Crippen molar-refractivity contribution in [2.24, 2.45) is 0 Å². The third-order valence-corrected chi connectivity index (χ3v) is 5.50. The van der Waals surface area contributed by atoms with Crippen molar-refractivity contribution in [1.29, 1.82) is 0 Å². The van der Waals surface area contributed by atoms with Gasteiger partial charge in [-0.2, -0.15) is 0 Å². The number of Topliss-reactive ketones (excluding diaryl/α,β-unsaturated/α-hetero) is 2. The molecule has 4 heteroatoms. The third kappa shape index (κ3) is 1.66. The van der Waals surface area contributed by atoms with Crippen molar-refractivity contribution in [2.45, 2.75) is 32.3 Å². The molecule has 4 nitrogen and oxygen atoms in total. The first kappa shape index (κ1) is 15.1. The first-order valence-corrected chi connectivity index (χ1v) is 8.02. The van der Waals surface area contributed by atoms with E-state index in [9.17, 15) is 14.7 Å². The van der Waals surface area contributed by atoms with E-state index in [0.717, 1.165) is 24.0 Å². The zero-order chi connectivity index (χ0) is 17.2. The lowest BCUT2D eigenvalue weighted by molar-refractivity contribution is 0.0552. The van der Waals surface area contributed by atoms with Gasteiger partial charge in [0.2, 0.25) is 5.78 Å². The Morgan fingerprint density at radius 3 is 2.58 bits per heavy atom. The number of hydrogen-bond acceptors (Lipinski definition) is 4. The Kier molecular flexibility index (Phi) is 3.00. The van der Waals surface area contributed by atoms with Crippen LogP contribution >= 0.6 is 0 Å². The van der Waals surface area contributed by atoms with E-state index in [-0.39, 0.29) is 16.9 Å². The number of hydrogen-bond donors (Lipinski definition) is 1. The Balaban J connectivity index is 2.02. The van der Waals surface area contributed by atoms with Gasteiger partial charge in [-0.15, -0.1) is 0 Å². The zero-order valence-corrected chi connectivity index (χ0v) is 13.9. The standard InChI is InChI=1S/C20H18O4/c1-10-4-6-13-11(2)20(23)17(9-15(10)13)18(21)14-7-5-12(24-3)8-16(14)19(20)22/h5,7-9,23H,4,6H2,1-3H3. The van der Waals surface area contributed by atoms with Crippen LogP contribution in [0.15, 0.2) is 52.1 Å². The summed E-state index contributed by atoms with van der Waals surface area (Å²) < 4.78 is 5.16. The van der Waals surface area contributed by atoms with E-state index in [1.165, 1.54) is 18.7 Å². The number of aliphatic hydroxyl groups is 1. The van der Waals surface area contributed by atoms with Crippen LogP contribution in [0, 0.1) is 0 Å². The van der Waals surface area contributed by atoms with Crippen LogP contribution in [0.4, 0.5) is 0 Å². The number of fused-ring (bicyclic) bond motifs is 3. The molecule has 24 heavy (non-hydrogen) atoms. The molecule has 122 valence electrons. The van der Waals surface area contributed by atoms with Crippen molar-refractivity contribution >= 4 is 11.6 Å². The average Bonchev–Trinajstić information content (AvgIpc) is 2.96. The van der Waals surface area contributed by atoms with Crippen LogP contribution in [-0.4, -0.2) is 29.4 Å². The Morgan fingerprint density at radius 1 is 1.12 bits per heavy atom. The molecule has 4 rings (SSSR count). The number of carbonyl (C=O) groups is 2. The van der Waals surface area contributed by atoms with Crippen molar-refractivity contribution < 1.29 is 19.4 Å². The molecular formula is C20H18O4. The number of carbonyl (C=O) groups excluding carboxylic acids is 2. The number of benzene rings is 1. The van der Waals surface area contributed by atoms with Crippen molar-refractivity contribution in [2.75, 3.05) is 7.11 Å². The molecule has 1 unspecified atom stereocenters. The van der Waals surface area contributed by atoms with Gasteiger partial charge in [0, 0.05) is 16.7 Å². The molecule has 1 aromatic rings. The Morgan fingerprint density at radius 2 is 1.88 bits per heavy atom. The summed E-state index contributed by atoms with van der Waals surface area (Å²) in [5.74, 6) is -0.249. The lowest BCUT2D eigenvalue weighted by Crippen LogP contribution is -2.50. The lowest BCUT2D eigenvalue weighted by atomic mass is 9.66. The molecule has 0 aromatic heterocycles. The number of rotatable bonds is 1. The van der Waals surface area contributed by atoms with E-state index in [1.807, 2.05) is 6.92 Å². The van der Waals surface area contributed by atoms with Gasteiger partial charge in [0.05, 0.1) is 7.11 Å². The average molecular weight is 322 g/mol. The summed E-state index contributed by atoms with van der Waals surface area (Å²) in [6, 6.07) is 4.79. The second kappa shape index (κ2) is 4.77. The smallest absolute Gasteiger partial charge is 0.204 e. The van der Waals surface area contributed by atoms with E-state index < -0.39 is 11.4 Å². The maximum absolute atomic E-state index is 13.1. The highest BCUT2D eigenvalue weighted by Crippen LogP contribution is 2.48. The predicted molar refractivity (Wildman–Crippen MR) is 89.3 cm³/mol. The van der Waals surface area contributed by atoms with Crippen LogP contribution in [0.2, 0.25) is 0 Å². The molecule has 0 amide bonds. The van der Waals surface area contributed by atoms with E-state index in [4.69, 9.17) is 4.74 Å². The molecule has 0 bridgehead atoms. The monoisotopic (exact) mass is 322 g/mol. The molecule has 1 atom stereocenters. The summed E-state index contributed by atoms with van der Waals surface area (Å²) in [5.41, 5.74) is 2.63. The van der Waals surface area contributed by atoms with Crippen molar-refractivity contribution in [3.8, 4) is 5.75 Å². The Labute approximate surface area is 140 Å². The van der Waals surface area contributed by atoms with Gasteiger partial charge < -0.3 is 9.84 Å². The van der Waals surface area contributed by atoms with Gasteiger partial charge in [-0.05, 0) is 67.7 Å². The van der Waals surface area contributed by atoms with E-state index in [2.05, 4.69) is 0 Å². The second-order valence-electron chi connectivity index (χ2n) is 6.64. The lowest BCUT2D eigenvalue weighted by Gasteiger charge is -2.38. The van der Waals surface area contributed by atoms with E-state index in [0.29, 0.717) is 16.9 Å². The Bertz CT molecular complexity index is 914. The fourth-order valence-corrected chi connectivity index (χ4v) is 4.01. The largest absolute Gasteiger partial charge is 0.497 e. The van der Waals surface area contributed by atoms with E-state index in [1.54, 1.807) is 25.1 Å². The highest BCUT2D eigenvalue weighted by atomic mass is 16.5. The molecule has 3 aliphatic rings. The normalized spacial score (nSPS) is 25.4. The summed E-state index contributed by atoms with van der Waals surface area (Å²) in [6.07, 6.45) is 3.41. The first-order chi connectivity index (χ1) is 11.4. The quantitative estimate of drug-likeness (QED) is 0.862. The SMILES string of the molecule is COc1ccc2c(c1)C(=O)C1(O)C(=CC3=C(C)CCC3=C1C)C2=O. The molecule has 0 aliphatic heterocycles. The molecule has 0 radical (unpaired) electrons. The summed E-state index contributed by atoms with van der Waals surface area (Å²) in [4.78, 5) is 26.1. The van der Waals surface area contributed by atoms with Gasteiger partial charge in [-0.25, -0.2) is 0 Å². The van der Waals surface area contributed by atoms with Crippen molar-refractivity contribution in [3.63, 3.8) is 0 Å². The highest BCUT2D eigenvalue weighted by molar-refractivity contribution is 6.28. The van der Waals surface area contributed by atoms with Crippen LogP contribution < -0.4 is 4.74 Å². The molecule has 3 aliphatic carbocycles. The molecular weight excluding hydrogens is 304 g/mol. The molecule has 0 spiro atoms. The van der Waals surface area contributed by atoms with Crippen LogP contribution in [0.5, 0.6) is 5.75 Å². The number of allylic oxidation sites excluding steroid dienone is 4. The molecule has 1 aromatic carbocycles. The van der Waals surface area contributed by atoms with Crippen molar-refractivity contribution in [3.05, 3.63) is 63.3 Å². The van der Waals surface area contributed by atoms with Crippen LogP contribution in [0.3, 0.4) is 0 Å². The minimum absolute atomic E-state index is 0.169. The van der Waals surface area contributed by atoms with Gasteiger partial charge in [0.25, 0.3) is 0 Å². The molecule has 0 heterocycles. The predicted octanol–water partition coefficient (Wildman–Crippen LogP) is 3.17. The highest BCUT2D eigenvalue weighted by Gasteiger charge is 2.53.